The van der Waals surface area contributed by atoms with Gasteiger partial charge in [0.1, 0.15) is 5.60 Å². The maximum absolute atomic E-state index is 11.5. The van der Waals surface area contributed by atoms with Gasteiger partial charge in [0.05, 0.1) is 12.0 Å². The van der Waals surface area contributed by atoms with E-state index in [1.165, 1.54) is 13.2 Å². The Kier molecular flexibility index (Phi) is 5.52. The van der Waals surface area contributed by atoms with Gasteiger partial charge in [-0.1, -0.05) is 6.07 Å². The van der Waals surface area contributed by atoms with Crippen LogP contribution < -0.4 is 10.1 Å². The van der Waals surface area contributed by atoms with Crippen molar-refractivity contribution in [1.82, 2.24) is 5.32 Å². The van der Waals surface area contributed by atoms with Gasteiger partial charge in [0.15, 0.2) is 5.75 Å². The Bertz CT molecular complexity index is 523. The molecule has 0 aromatic heterocycles. The molecule has 1 N–H and O–H groups in total. The Morgan fingerprint density at radius 1 is 1.38 bits per heavy atom. The number of nitrogens with one attached hydrogen (secondary N) is 1. The number of ether oxygens (including phenoxy) is 2. The van der Waals surface area contributed by atoms with Gasteiger partial charge in [0, 0.05) is 12.6 Å². The van der Waals surface area contributed by atoms with Gasteiger partial charge in [-0.25, -0.2) is 4.79 Å². The van der Waals surface area contributed by atoms with E-state index in [4.69, 9.17) is 9.47 Å². The third-order valence-corrected chi connectivity index (χ3v) is 2.52. The molecule has 1 rings (SSSR count). The quantitative estimate of drug-likeness (QED) is 0.666. The average Bonchev–Trinajstić information content (AvgIpc) is 2.36. The Balaban J connectivity index is 2.58. The normalized spacial score (nSPS) is 10.9. The third kappa shape index (κ3) is 5.68. The molecule has 21 heavy (non-hydrogen) atoms. The molecule has 0 aliphatic carbocycles. The number of hydrogen-bond donors (Lipinski definition) is 1. The lowest BCUT2D eigenvalue weighted by atomic mass is 10.1. The molecule has 116 valence electrons. The third-order valence-electron chi connectivity index (χ3n) is 2.52. The van der Waals surface area contributed by atoms with Gasteiger partial charge in [-0.3, -0.25) is 10.1 Å². The number of hydrogen-bond acceptors (Lipinski definition) is 5. The number of nitro groups is 1. The van der Waals surface area contributed by atoms with Crippen molar-refractivity contribution in [2.45, 2.75) is 32.8 Å². The van der Waals surface area contributed by atoms with E-state index in [0.717, 1.165) is 5.56 Å². The number of rotatable bonds is 5. The molecule has 0 heterocycles. The fourth-order valence-corrected chi connectivity index (χ4v) is 1.66. The summed E-state index contributed by atoms with van der Waals surface area (Å²) in [4.78, 5) is 21.9. The molecule has 0 saturated carbocycles. The van der Waals surface area contributed by atoms with Crippen LogP contribution in [0.15, 0.2) is 18.2 Å². The van der Waals surface area contributed by atoms with Crippen LogP contribution in [0.25, 0.3) is 0 Å². The molecule has 0 saturated heterocycles. The van der Waals surface area contributed by atoms with Crippen LogP contribution in [0.4, 0.5) is 10.5 Å². The zero-order chi connectivity index (χ0) is 16.0. The second-order valence-electron chi connectivity index (χ2n) is 5.44. The van der Waals surface area contributed by atoms with Crippen LogP contribution in [0.5, 0.6) is 5.75 Å². The lowest BCUT2D eigenvalue weighted by molar-refractivity contribution is -0.385. The van der Waals surface area contributed by atoms with Gasteiger partial charge < -0.3 is 14.8 Å². The molecule has 0 spiro atoms. The first-order chi connectivity index (χ1) is 9.73. The summed E-state index contributed by atoms with van der Waals surface area (Å²) < 4.78 is 10.0. The highest BCUT2D eigenvalue weighted by molar-refractivity contribution is 5.67. The molecular weight excluding hydrogens is 276 g/mol. The minimum Gasteiger partial charge on any atom is -0.490 e. The van der Waals surface area contributed by atoms with E-state index >= 15 is 0 Å². The standard InChI is InChI=1S/C14H20N2O5/c1-14(2,3)21-13(17)15-8-7-10-5-6-12(20-4)11(9-10)16(18)19/h5-6,9H,7-8H2,1-4H3,(H,15,17). The largest absolute Gasteiger partial charge is 0.490 e. The fourth-order valence-electron chi connectivity index (χ4n) is 1.66. The maximum Gasteiger partial charge on any atom is 0.407 e. The molecular formula is C14H20N2O5. The van der Waals surface area contributed by atoms with Crippen LogP contribution >= 0.6 is 0 Å². The number of methoxy groups -OCH3 is 1. The van der Waals surface area contributed by atoms with Gasteiger partial charge in [-0.15, -0.1) is 0 Å². The van der Waals surface area contributed by atoms with Crippen LogP contribution in [0.3, 0.4) is 0 Å². The van der Waals surface area contributed by atoms with E-state index in [9.17, 15) is 14.9 Å². The lowest BCUT2D eigenvalue weighted by Crippen LogP contribution is -2.33. The lowest BCUT2D eigenvalue weighted by Gasteiger charge is -2.19. The molecule has 7 heteroatoms. The minimum absolute atomic E-state index is 0.0905. The summed E-state index contributed by atoms with van der Waals surface area (Å²) in [6.45, 7) is 5.66. The SMILES string of the molecule is COc1ccc(CCNC(=O)OC(C)(C)C)cc1[N+](=O)[O-]. The second-order valence-corrected chi connectivity index (χ2v) is 5.44. The summed E-state index contributed by atoms with van der Waals surface area (Å²) in [6.07, 6.45) is -0.0464. The Labute approximate surface area is 123 Å². The van der Waals surface area contributed by atoms with Gasteiger partial charge in [0.25, 0.3) is 0 Å². The number of carbonyl (C=O) groups is 1. The molecule has 0 radical (unpaired) electrons. The van der Waals surface area contributed by atoms with Crippen molar-refractivity contribution in [2.75, 3.05) is 13.7 Å². The predicted molar refractivity (Wildman–Crippen MR) is 77.6 cm³/mol. The molecule has 1 amide bonds. The van der Waals surface area contributed by atoms with Crippen LogP contribution in [0.1, 0.15) is 26.3 Å². The van der Waals surface area contributed by atoms with Crippen molar-refractivity contribution >= 4 is 11.8 Å². The average molecular weight is 296 g/mol. The van der Waals surface area contributed by atoms with Crippen LogP contribution in [-0.4, -0.2) is 30.3 Å². The van der Waals surface area contributed by atoms with Crippen molar-refractivity contribution in [3.05, 3.63) is 33.9 Å². The number of nitro benzene ring substituents is 1. The summed E-state index contributed by atoms with van der Waals surface area (Å²) in [5.74, 6) is 0.212. The van der Waals surface area contributed by atoms with Gasteiger partial charge >= 0.3 is 11.8 Å². The van der Waals surface area contributed by atoms with Crippen molar-refractivity contribution in [2.24, 2.45) is 0 Å². The Morgan fingerprint density at radius 3 is 2.57 bits per heavy atom. The highest BCUT2D eigenvalue weighted by Gasteiger charge is 2.17. The smallest absolute Gasteiger partial charge is 0.407 e. The first kappa shape index (κ1) is 16.7. The highest BCUT2D eigenvalue weighted by Crippen LogP contribution is 2.27. The molecule has 0 aliphatic heterocycles. The van der Waals surface area contributed by atoms with Crippen molar-refractivity contribution in [3.63, 3.8) is 0 Å². The predicted octanol–water partition coefficient (Wildman–Crippen LogP) is 2.67. The first-order valence-corrected chi connectivity index (χ1v) is 6.51. The second kappa shape index (κ2) is 6.92. The first-order valence-electron chi connectivity index (χ1n) is 6.51. The van der Waals surface area contributed by atoms with E-state index in [-0.39, 0.29) is 11.4 Å². The molecule has 0 bridgehead atoms. The molecule has 0 unspecified atom stereocenters. The Morgan fingerprint density at radius 2 is 2.05 bits per heavy atom. The monoisotopic (exact) mass is 296 g/mol. The molecule has 0 atom stereocenters. The number of benzene rings is 1. The molecule has 1 aromatic rings. The molecule has 0 aliphatic rings. The zero-order valence-electron chi connectivity index (χ0n) is 12.6. The van der Waals surface area contributed by atoms with E-state index < -0.39 is 16.6 Å². The van der Waals surface area contributed by atoms with E-state index in [2.05, 4.69) is 5.32 Å². The van der Waals surface area contributed by atoms with Crippen molar-refractivity contribution < 1.29 is 19.2 Å². The zero-order valence-corrected chi connectivity index (χ0v) is 12.6. The number of alkyl carbamates (subject to hydrolysis) is 1. The molecule has 1 aromatic carbocycles. The van der Waals surface area contributed by atoms with Crippen LogP contribution in [0.2, 0.25) is 0 Å². The van der Waals surface area contributed by atoms with Crippen molar-refractivity contribution in [3.8, 4) is 5.75 Å². The summed E-state index contributed by atoms with van der Waals surface area (Å²) in [5.41, 5.74) is 0.0917. The van der Waals surface area contributed by atoms with Gasteiger partial charge in [0.2, 0.25) is 0 Å². The molecule has 0 fully saturated rings. The van der Waals surface area contributed by atoms with Crippen LogP contribution in [-0.2, 0) is 11.2 Å². The summed E-state index contributed by atoms with van der Waals surface area (Å²) in [6, 6.07) is 4.71. The number of carbonyl (C=O) groups excluding carboxylic acids is 1. The minimum atomic E-state index is -0.553. The fraction of sp³-hybridized carbons (Fsp3) is 0.500. The molecule has 7 nitrogen and oxygen atoms in total. The highest BCUT2D eigenvalue weighted by atomic mass is 16.6. The van der Waals surface area contributed by atoms with E-state index in [1.54, 1.807) is 32.9 Å². The topological polar surface area (TPSA) is 90.7 Å². The Hall–Kier alpha value is -2.31. The van der Waals surface area contributed by atoms with Gasteiger partial charge in [-0.05, 0) is 38.8 Å². The maximum atomic E-state index is 11.5. The summed E-state index contributed by atoms with van der Waals surface area (Å²) in [7, 11) is 1.38. The van der Waals surface area contributed by atoms with Crippen LogP contribution in [0, 0.1) is 10.1 Å². The van der Waals surface area contributed by atoms with Crippen molar-refractivity contribution in [1.29, 1.82) is 0 Å². The van der Waals surface area contributed by atoms with E-state index in [0.29, 0.717) is 13.0 Å². The van der Waals surface area contributed by atoms with Gasteiger partial charge in [-0.2, -0.15) is 0 Å². The number of nitrogens with zero attached hydrogens (tertiary/aromatic N) is 1. The summed E-state index contributed by atoms with van der Waals surface area (Å²) >= 11 is 0. The van der Waals surface area contributed by atoms with E-state index in [1.807, 2.05) is 0 Å². The summed E-state index contributed by atoms with van der Waals surface area (Å²) in [5, 5.41) is 13.5. The number of amides is 1.